The molecular formula is C17H31NO6S2. The molecule has 2 rings (SSSR count). The van der Waals surface area contributed by atoms with Gasteiger partial charge in [-0.05, 0) is 58.5 Å². The molecule has 1 saturated heterocycles. The molecule has 0 amide bonds. The normalized spacial score (nSPS) is 15.3. The van der Waals surface area contributed by atoms with E-state index >= 15 is 0 Å². The maximum absolute atomic E-state index is 10.5. The van der Waals surface area contributed by atoms with Crippen LogP contribution in [0, 0.1) is 6.92 Å². The van der Waals surface area contributed by atoms with Gasteiger partial charge in [-0.3, -0.25) is 9.11 Å². The highest BCUT2D eigenvalue weighted by Gasteiger charge is 2.06. The van der Waals surface area contributed by atoms with Crippen molar-refractivity contribution in [3.63, 3.8) is 0 Å². The summed E-state index contributed by atoms with van der Waals surface area (Å²) >= 11 is 0. The van der Waals surface area contributed by atoms with Gasteiger partial charge in [0.15, 0.2) is 0 Å². The molecule has 1 aromatic carbocycles. The minimum absolute atomic E-state index is 0.0666. The van der Waals surface area contributed by atoms with Crippen molar-refractivity contribution in [3.05, 3.63) is 29.8 Å². The van der Waals surface area contributed by atoms with Gasteiger partial charge < -0.3 is 4.90 Å². The first-order valence-electron chi connectivity index (χ1n) is 8.63. The van der Waals surface area contributed by atoms with E-state index in [9.17, 15) is 16.8 Å². The lowest BCUT2D eigenvalue weighted by atomic mass is 10.1. The third-order valence-electron chi connectivity index (χ3n) is 3.65. The first-order chi connectivity index (χ1) is 12.0. The van der Waals surface area contributed by atoms with Crippen molar-refractivity contribution in [3.8, 4) is 0 Å². The van der Waals surface area contributed by atoms with Crippen LogP contribution in [0.4, 0.5) is 0 Å². The van der Waals surface area contributed by atoms with Gasteiger partial charge in [-0.15, -0.1) is 0 Å². The van der Waals surface area contributed by atoms with E-state index in [-0.39, 0.29) is 10.6 Å². The van der Waals surface area contributed by atoms with E-state index < -0.39 is 20.2 Å². The van der Waals surface area contributed by atoms with Crippen LogP contribution >= 0.6 is 0 Å². The Kier molecular flexibility index (Phi) is 11.9. The van der Waals surface area contributed by atoms with Crippen molar-refractivity contribution in [1.82, 2.24) is 4.90 Å². The summed E-state index contributed by atoms with van der Waals surface area (Å²) < 4.78 is 57.6. The summed E-state index contributed by atoms with van der Waals surface area (Å²) in [4.78, 5) is 2.33. The highest BCUT2D eigenvalue weighted by Crippen LogP contribution is 2.08. The molecule has 2 N–H and O–H groups in total. The SMILES string of the molecule is CCCCS(=O)(=O)O.CN1CCCCC1.Cc1ccc(S(=O)(=O)O)cc1. The second-order valence-electron chi connectivity index (χ2n) is 6.29. The number of nitrogens with zero attached hydrogens (tertiary/aromatic N) is 1. The fourth-order valence-corrected chi connectivity index (χ4v) is 3.22. The van der Waals surface area contributed by atoms with Crippen molar-refractivity contribution in [2.75, 3.05) is 25.9 Å². The number of aryl methyl sites for hydroxylation is 1. The highest BCUT2D eigenvalue weighted by atomic mass is 32.2. The van der Waals surface area contributed by atoms with Gasteiger partial charge in [-0.1, -0.05) is 37.5 Å². The van der Waals surface area contributed by atoms with Crippen LogP contribution in [0.5, 0.6) is 0 Å². The summed E-state index contributed by atoms with van der Waals surface area (Å²) in [6.07, 6.45) is 5.61. The van der Waals surface area contributed by atoms with Gasteiger partial charge in [0.2, 0.25) is 0 Å². The van der Waals surface area contributed by atoms with Crippen LogP contribution in [0.2, 0.25) is 0 Å². The van der Waals surface area contributed by atoms with E-state index in [1.54, 1.807) is 12.1 Å². The lowest BCUT2D eigenvalue weighted by molar-refractivity contribution is 0.277. The average Bonchev–Trinajstić information content (AvgIpc) is 2.54. The molecule has 0 atom stereocenters. The van der Waals surface area contributed by atoms with Crippen LogP contribution in [0.1, 0.15) is 44.6 Å². The molecule has 26 heavy (non-hydrogen) atoms. The van der Waals surface area contributed by atoms with E-state index in [0.29, 0.717) is 6.42 Å². The number of rotatable bonds is 4. The van der Waals surface area contributed by atoms with E-state index in [1.807, 2.05) is 13.8 Å². The minimum atomic E-state index is -4.02. The van der Waals surface area contributed by atoms with E-state index in [0.717, 1.165) is 12.0 Å². The molecule has 0 bridgehead atoms. The first kappa shape index (κ1) is 25.0. The van der Waals surface area contributed by atoms with Crippen LogP contribution in [0.3, 0.4) is 0 Å². The Balaban J connectivity index is 0.000000373. The molecule has 0 spiro atoms. The summed E-state index contributed by atoms with van der Waals surface area (Å²) in [6, 6.07) is 5.99. The summed E-state index contributed by atoms with van der Waals surface area (Å²) in [7, 11) is -5.51. The van der Waals surface area contributed by atoms with Crippen molar-refractivity contribution in [2.24, 2.45) is 0 Å². The Morgan fingerprint density at radius 2 is 1.46 bits per heavy atom. The van der Waals surface area contributed by atoms with Crippen molar-refractivity contribution in [2.45, 2.75) is 50.8 Å². The van der Waals surface area contributed by atoms with Gasteiger partial charge in [0, 0.05) is 0 Å². The molecule has 0 saturated carbocycles. The van der Waals surface area contributed by atoms with E-state index in [2.05, 4.69) is 11.9 Å². The van der Waals surface area contributed by atoms with Crippen molar-refractivity contribution < 1.29 is 25.9 Å². The predicted molar refractivity (Wildman–Crippen MR) is 104 cm³/mol. The summed E-state index contributed by atoms with van der Waals surface area (Å²) in [5.74, 6) is -0.108. The maximum atomic E-state index is 10.5. The molecule has 0 aromatic heterocycles. The Labute approximate surface area is 157 Å². The lowest BCUT2D eigenvalue weighted by Gasteiger charge is -2.20. The van der Waals surface area contributed by atoms with Crippen LogP contribution in [0.15, 0.2) is 29.2 Å². The van der Waals surface area contributed by atoms with E-state index in [1.165, 1.54) is 44.5 Å². The first-order valence-corrected chi connectivity index (χ1v) is 11.7. The molecule has 9 heteroatoms. The number of likely N-dealkylation sites (tertiary alicyclic amines) is 1. The molecule has 1 aromatic rings. The standard InChI is InChI=1S/C7H8O3S.C6H13N.C4H10O3S/c1-6-2-4-7(5-3-6)11(8,9)10;1-7-5-3-2-4-6-7;1-2-3-4-8(5,6)7/h2-5H,1H3,(H,8,9,10);2-6H2,1H3;2-4H2,1H3,(H,5,6,7). The number of piperidine rings is 1. The van der Waals surface area contributed by atoms with Gasteiger partial charge in [-0.25, -0.2) is 0 Å². The smallest absolute Gasteiger partial charge is 0.294 e. The molecular weight excluding hydrogens is 378 g/mol. The summed E-state index contributed by atoms with van der Waals surface area (Å²) in [5, 5.41) is 0. The molecule has 1 fully saturated rings. The zero-order valence-corrected chi connectivity index (χ0v) is 17.4. The number of hydrogen-bond donors (Lipinski definition) is 2. The monoisotopic (exact) mass is 409 g/mol. The molecule has 1 aliphatic heterocycles. The minimum Gasteiger partial charge on any atom is -0.306 e. The molecule has 0 aliphatic carbocycles. The summed E-state index contributed by atoms with van der Waals surface area (Å²) in [6.45, 7) is 6.35. The Hall–Kier alpha value is -1.00. The topological polar surface area (TPSA) is 112 Å². The van der Waals surface area contributed by atoms with E-state index in [4.69, 9.17) is 9.11 Å². The zero-order chi connectivity index (χ0) is 20.2. The third-order valence-corrected chi connectivity index (χ3v) is 5.33. The molecule has 1 heterocycles. The van der Waals surface area contributed by atoms with Crippen LogP contribution < -0.4 is 0 Å². The lowest BCUT2D eigenvalue weighted by Crippen LogP contribution is -2.24. The van der Waals surface area contributed by atoms with Crippen molar-refractivity contribution in [1.29, 1.82) is 0 Å². The highest BCUT2D eigenvalue weighted by molar-refractivity contribution is 7.86. The van der Waals surface area contributed by atoms with Gasteiger partial charge in [-0.2, -0.15) is 16.8 Å². The molecule has 7 nitrogen and oxygen atoms in total. The summed E-state index contributed by atoms with van der Waals surface area (Å²) in [5.41, 5.74) is 0.956. The van der Waals surface area contributed by atoms with Gasteiger partial charge in [0.1, 0.15) is 0 Å². The van der Waals surface area contributed by atoms with Crippen molar-refractivity contribution >= 4 is 20.2 Å². The Bertz CT molecular complexity index is 693. The quantitative estimate of drug-likeness (QED) is 0.735. The number of unbranched alkanes of at least 4 members (excludes halogenated alkanes) is 1. The second-order valence-corrected chi connectivity index (χ2v) is 9.29. The van der Waals surface area contributed by atoms with Crippen LogP contribution in [0.25, 0.3) is 0 Å². The molecule has 0 radical (unpaired) electrons. The number of benzene rings is 1. The molecule has 1 aliphatic rings. The number of hydrogen-bond acceptors (Lipinski definition) is 5. The van der Waals surface area contributed by atoms with Gasteiger partial charge in [0.25, 0.3) is 20.2 Å². The maximum Gasteiger partial charge on any atom is 0.294 e. The Morgan fingerprint density at radius 1 is 0.962 bits per heavy atom. The molecule has 0 unspecified atom stereocenters. The second kappa shape index (κ2) is 12.4. The largest absolute Gasteiger partial charge is 0.306 e. The van der Waals surface area contributed by atoms with Crippen LogP contribution in [-0.4, -0.2) is 56.7 Å². The fourth-order valence-electron chi connectivity index (χ4n) is 2.09. The molecule has 152 valence electrons. The predicted octanol–water partition coefficient (Wildman–Crippen LogP) is 3.02. The average molecular weight is 410 g/mol. The van der Waals surface area contributed by atoms with Gasteiger partial charge in [0.05, 0.1) is 10.6 Å². The zero-order valence-electron chi connectivity index (χ0n) is 15.8. The fraction of sp³-hybridized carbons (Fsp3) is 0.647. The van der Waals surface area contributed by atoms with Gasteiger partial charge >= 0.3 is 0 Å². The Morgan fingerprint density at radius 3 is 1.73 bits per heavy atom. The van der Waals surface area contributed by atoms with Crippen LogP contribution in [-0.2, 0) is 20.2 Å². The third kappa shape index (κ3) is 14.2.